The van der Waals surface area contributed by atoms with Crippen molar-refractivity contribution in [1.82, 2.24) is 4.98 Å². The van der Waals surface area contributed by atoms with Crippen LogP contribution in [-0.4, -0.2) is 4.98 Å². The Morgan fingerprint density at radius 1 is 1.31 bits per heavy atom. The Balaban J connectivity index is 2.68. The van der Waals surface area contributed by atoms with E-state index >= 15 is 0 Å². The molecular weight excluding hydrogens is 164 g/mol. The molecule has 1 N–H and O–H groups in total. The fourth-order valence-corrected chi connectivity index (χ4v) is 1.85. The lowest BCUT2D eigenvalue weighted by Gasteiger charge is -2.15. The summed E-state index contributed by atoms with van der Waals surface area (Å²) >= 11 is 0. The first-order valence-electron chi connectivity index (χ1n) is 4.44. The molecule has 0 aromatic carbocycles. The molecule has 0 saturated carbocycles. The van der Waals surface area contributed by atoms with Gasteiger partial charge in [0.25, 0.3) is 0 Å². The van der Waals surface area contributed by atoms with Crippen LogP contribution in [0.4, 0.5) is 5.69 Å². The molecule has 1 aromatic heterocycles. The lowest BCUT2D eigenvalue weighted by molar-refractivity contribution is 0.679. The first-order chi connectivity index (χ1) is 6.33. The maximum atomic E-state index is 11.4. The Bertz CT molecular complexity index is 426. The molecule has 2 rings (SSSR count). The van der Waals surface area contributed by atoms with E-state index in [2.05, 4.69) is 9.83 Å². The van der Waals surface area contributed by atoms with E-state index in [4.69, 9.17) is 6.57 Å². The highest BCUT2D eigenvalue weighted by Crippen LogP contribution is 2.26. The molecule has 1 aliphatic carbocycles. The smallest absolute Gasteiger partial charge is 0.249 e. The third kappa shape index (κ3) is 1.25. The fraction of sp³-hybridized carbons (Fsp3) is 0.400. The minimum Gasteiger partial charge on any atom is -0.339 e. The summed E-state index contributed by atoms with van der Waals surface area (Å²) in [5.41, 5.74) is 2.42. The first kappa shape index (κ1) is 8.06. The molecule has 0 radical (unpaired) electrons. The van der Waals surface area contributed by atoms with E-state index in [1.807, 2.05) is 0 Å². The highest BCUT2D eigenvalue weighted by Gasteiger charge is 2.15. The minimum absolute atomic E-state index is 0.0119. The largest absolute Gasteiger partial charge is 0.339 e. The zero-order valence-electron chi connectivity index (χ0n) is 7.26. The van der Waals surface area contributed by atoms with Crippen LogP contribution in [0, 0.1) is 6.57 Å². The fourth-order valence-electron chi connectivity index (χ4n) is 1.85. The predicted octanol–water partition coefficient (Wildman–Crippen LogP) is 1.80. The summed E-state index contributed by atoms with van der Waals surface area (Å²) in [6.45, 7) is 6.96. The van der Waals surface area contributed by atoms with Gasteiger partial charge in [-0.3, -0.25) is 4.79 Å². The van der Waals surface area contributed by atoms with Crippen LogP contribution in [0.2, 0.25) is 0 Å². The van der Waals surface area contributed by atoms with Gasteiger partial charge in [0.1, 0.15) is 0 Å². The Labute approximate surface area is 76.2 Å². The van der Waals surface area contributed by atoms with Crippen LogP contribution in [0.1, 0.15) is 24.0 Å². The predicted molar refractivity (Wildman–Crippen MR) is 50.0 cm³/mol. The Morgan fingerprint density at radius 2 is 2.00 bits per heavy atom. The number of H-pyrrole nitrogens is 1. The molecule has 3 nitrogen and oxygen atoms in total. The van der Waals surface area contributed by atoms with Crippen molar-refractivity contribution in [3.05, 3.63) is 39.1 Å². The molecule has 0 aliphatic heterocycles. The molecule has 1 aromatic rings. The molecule has 0 spiro atoms. The van der Waals surface area contributed by atoms with E-state index in [1.165, 1.54) is 6.20 Å². The minimum atomic E-state index is -0.0119. The second kappa shape index (κ2) is 3.06. The van der Waals surface area contributed by atoms with Crippen molar-refractivity contribution in [3.63, 3.8) is 0 Å². The molecule has 0 unspecified atom stereocenters. The molecule has 0 saturated heterocycles. The summed E-state index contributed by atoms with van der Waals surface area (Å²) in [7, 11) is 0. The van der Waals surface area contributed by atoms with Crippen molar-refractivity contribution < 1.29 is 0 Å². The van der Waals surface area contributed by atoms with Crippen LogP contribution in [-0.2, 0) is 12.8 Å². The van der Waals surface area contributed by atoms with Gasteiger partial charge in [-0.2, -0.15) is 0 Å². The summed E-state index contributed by atoms with van der Waals surface area (Å²) in [6, 6.07) is 0. The zero-order chi connectivity index (χ0) is 9.26. The number of nitrogens with zero attached hydrogens (tertiary/aromatic N) is 1. The third-order valence-corrected chi connectivity index (χ3v) is 2.51. The topological polar surface area (TPSA) is 37.2 Å². The van der Waals surface area contributed by atoms with Crippen molar-refractivity contribution in [2.45, 2.75) is 25.7 Å². The first-order valence-corrected chi connectivity index (χ1v) is 4.44. The standard InChI is InChI=1S/C10H10N2O/c1-11-9-6-12-10(13)8-5-3-2-4-7(8)9/h6H,2-5H2,(H,12,13). The van der Waals surface area contributed by atoms with Crippen molar-refractivity contribution >= 4 is 5.69 Å². The summed E-state index contributed by atoms with van der Waals surface area (Å²) in [5.74, 6) is 0. The molecule has 0 fully saturated rings. The summed E-state index contributed by atoms with van der Waals surface area (Å²) < 4.78 is 0. The van der Waals surface area contributed by atoms with Gasteiger partial charge in [-0.25, -0.2) is 4.85 Å². The normalized spacial score (nSPS) is 14.7. The lowest BCUT2D eigenvalue weighted by atomic mass is 9.92. The molecule has 1 heterocycles. The quantitative estimate of drug-likeness (QED) is 0.598. The Morgan fingerprint density at radius 3 is 2.69 bits per heavy atom. The highest BCUT2D eigenvalue weighted by molar-refractivity contribution is 5.54. The zero-order valence-corrected chi connectivity index (χ0v) is 7.26. The van der Waals surface area contributed by atoms with Gasteiger partial charge < -0.3 is 4.98 Å². The monoisotopic (exact) mass is 174 g/mol. The molecule has 0 amide bonds. The Kier molecular flexibility index (Phi) is 1.90. The number of aromatic nitrogens is 1. The van der Waals surface area contributed by atoms with E-state index in [1.54, 1.807) is 0 Å². The molecule has 0 atom stereocenters. The molecule has 1 aliphatic rings. The van der Waals surface area contributed by atoms with Gasteiger partial charge in [0.2, 0.25) is 11.2 Å². The number of nitrogens with one attached hydrogen (secondary N) is 1. The van der Waals surface area contributed by atoms with Crippen molar-refractivity contribution in [3.8, 4) is 0 Å². The van der Waals surface area contributed by atoms with E-state index < -0.39 is 0 Å². The number of fused-ring (bicyclic) bond motifs is 1. The van der Waals surface area contributed by atoms with Crippen molar-refractivity contribution in [1.29, 1.82) is 0 Å². The number of hydrogen-bond donors (Lipinski definition) is 1. The van der Waals surface area contributed by atoms with Crippen molar-refractivity contribution in [2.24, 2.45) is 0 Å². The van der Waals surface area contributed by atoms with Gasteiger partial charge in [0.15, 0.2) is 0 Å². The number of aromatic amines is 1. The van der Waals surface area contributed by atoms with E-state index in [9.17, 15) is 4.79 Å². The summed E-state index contributed by atoms with van der Waals surface area (Å²) in [5, 5.41) is 0. The van der Waals surface area contributed by atoms with Crippen LogP contribution >= 0.6 is 0 Å². The highest BCUT2D eigenvalue weighted by atomic mass is 16.1. The van der Waals surface area contributed by atoms with E-state index in [-0.39, 0.29) is 5.56 Å². The number of pyridine rings is 1. The number of rotatable bonds is 0. The SMILES string of the molecule is [C-]#[N+]c1c[nH]c(=O)c2c1CCCC2. The second-order valence-corrected chi connectivity index (χ2v) is 3.28. The van der Waals surface area contributed by atoms with Crippen LogP contribution in [0.25, 0.3) is 4.85 Å². The van der Waals surface area contributed by atoms with Crippen LogP contribution in [0.5, 0.6) is 0 Å². The molecule has 0 bridgehead atoms. The van der Waals surface area contributed by atoms with Gasteiger partial charge in [0.05, 0.1) is 6.57 Å². The third-order valence-electron chi connectivity index (χ3n) is 2.51. The van der Waals surface area contributed by atoms with Gasteiger partial charge in [-0.1, -0.05) is 6.42 Å². The Hall–Kier alpha value is -1.56. The number of hydrogen-bond acceptors (Lipinski definition) is 1. The van der Waals surface area contributed by atoms with Gasteiger partial charge >= 0.3 is 0 Å². The molecular formula is C10H10N2O. The summed E-state index contributed by atoms with van der Waals surface area (Å²) in [6.07, 6.45) is 5.40. The molecule has 13 heavy (non-hydrogen) atoms. The van der Waals surface area contributed by atoms with E-state index in [0.29, 0.717) is 5.69 Å². The van der Waals surface area contributed by atoms with Gasteiger partial charge in [-0.05, 0) is 24.8 Å². The van der Waals surface area contributed by atoms with Gasteiger partial charge in [-0.15, -0.1) is 0 Å². The average Bonchev–Trinajstić information content (AvgIpc) is 2.19. The van der Waals surface area contributed by atoms with Crippen molar-refractivity contribution in [2.75, 3.05) is 0 Å². The lowest BCUT2D eigenvalue weighted by Crippen LogP contribution is -2.18. The average molecular weight is 174 g/mol. The van der Waals surface area contributed by atoms with Gasteiger partial charge in [0, 0.05) is 11.8 Å². The van der Waals surface area contributed by atoms with Crippen LogP contribution < -0.4 is 5.56 Å². The maximum Gasteiger partial charge on any atom is 0.249 e. The van der Waals surface area contributed by atoms with E-state index in [0.717, 1.165) is 36.8 Å². The second-order valence-electron chi connectivity index (χ2n) is 3.28. The maximum absolute atomic E-state index is 11.4. The summed E-state index contributed by atoms with van der Waals surface area (Å²) in [4.78, 5) is 17.4. The van der Waals surface area contributed by atoms with Crippen LogP contribution in [0.3, 0.4) is 0 Å². The molecule has 66 valence electrons. The molecule has 3 heteroatoms. The van der Waals surface area contributed by atoms with Crippen LogP contribution in [0.15, 0.2) is 11.0 Å².